The van der Waals surface area contributed by atoms with Crippen LogP contribution in [-0.4, -0.2) is 39.3 Å². The number of anilines is 1. The number of hydrogen-bond donors (Lipinski definition) is 0. The van der Waals surface area contributed by atoms with Gasteiger partial charge in [0, 0.05) is 56.6 Å². The Morgan fingerprint density at radius 3 is 2.70 bits per heavy atom. The number of benzene rings is 1. The number of likely N-dealkylation sites (tertiary alicyclic amines) is 1. The molecule has 138 valence electrons. The Morgan fingerprint density at radius 1 is 1.00 bits per heavy atom. The molecule has 1 saturated heterocycles. The summed E-state index contributed by atoms with van der Waals surface area (Å²) in [5.74, 6) is 0. The van der Waals surface area contributed by atoms with Crippen molar-refractivity contribution < 1.29 is 0 Å². The second-order valence-electron chi connectivity index (χ2n) is 7.98. The van der Waals surface area contributed by atoms with Gasteiger partial charge in [0.05, 0.1) is 17.6 Å². The molecule has 0 amide bonds. The first-order valence-corrected chi connectivity index (χ1v) is 9.66. The quantitative estimate of drug-likeness (QED) is 0.718. The van der Waals surface area contributed by atoms with Gasteiger partial charge in [-0.05, 0) is 30.7 Å². The number of nitrogens with zero attached hydrogens (tertiary/aromatic N) is 5. The van der Waals surface area contributed by atoms with Crippen LogP contribution in [0.2, 0.25) is 0 Å². The number of aryl methyl sites for hydroxylation is 1. The van der Waals surface area contributed by atoms with Gasteiger partial charge in [-0.15, -0.1) is 0 Å². The van der Waals surface area contributed by atoms with E-state index in [1.54, 1.807) is 0 Å². The Bertz CT molecular complexity index is 935. The molecule has 4 heterocycles. The molecule has 5 nitrogen and oxygen atoms in total. The zero-order valence-corrected chi connectivity index (χ0v) is 15.8. The summed E-state index contributed by atoms with van der Waals surface area (Å²) >= 11 is 0. The smallest absolute Gasteiger partial charge is 0.0729 e. The minimum Gasteiger partial charge on any atom is -0.365 e. The van der Waals surface area contributed by atoms with E-state index in [1.165, 1.54) is 28.9 Å². The van der Waals surface area contributed by atoms with Gasteiger partial charge in [-0.25, -0.2) is 0 Å². The summed E-state index contributed by atoms with van der Waals surface area (Å²) < 4.78 is 1.88. The van der Waals surface area contributed by atoms with Gasteiger partial charge in [-0.3, -0.25) is 14.6 Å². The molecule has 2 aliphatic heterocycles. The van der Waals surface area contributed by atoms with Crippen molar-refractivity contribution in [1.82, 2.24) is 19.7 Å². The van der Waals surface area contributed by atoms with E-state index in [9.17, 15) is 0 Å². The summed E-state index contributed by atoms with van der Waals surface area (Å²) in [6, 6.07) is 15.1. The molecule has 3 aromatic rings. The van der Waals surface area contributed by atoms with Crippen LogP contribution in [0, 0.1) is 0 Å². The van der Waals surface area contributed by atoms with Crippen LogP contribution in [0.3, 0.4) is 0 Å². The van der Waals surface area contributed by atoms with Crippen LogP contribution in [0.5, 0.6) is 0 Å². The lowest BCUT2D eigenvalue weighted by atomic mass is 9.85. The van der Waals surface area contributed by atoms with Crippen molar-refractivity contribution in [1.29, 1.82) is 0 Å². The lowest BCUT2D eigenvalue weighted by molar-refractivity contribution is 0.305. The molecule has 0 radical (unpaired) electrons. The number of pyridine rings is 1. The predicted molar refractivity (Wildman–Crippen MR) is 107 cm³/mol. The van der Waals surface area contributed by atoms with Gasteiger partial charge >= 0.3 is 0 Å². The first kappa shape index (κ1) is 16.5. The molecule has 1 fully saturated rings. The Balaban J connectivity index is 1.38. The van der Waals surface area contributed by atoms with E-state index in [0.29, 0.717) is 0 Å². The van der Waals surface area contributed by atoms with E-state index in [1.807, 2.05) is 24.1 Å². The fourth-order valence-electron chi connectivity index (χ4n) is 4.76. The van der Waals surface area contributed by atoms with Gasteiger partial charge in [0.1, 0.15) is 0 Å². The van der Waals surface area contributed by atoms with Crippen LogP contribution >= 0.6 is 0 Å². The standard InChI is InChI=1S/C22H25N5/c1-25-13-19(12-24-25)14-26-11-9-22(16-26)17-27(15-18-6-3-2-4-7-18)20-8-5-10-23-21(20)22/h2-8,10,12-13H,9,11,14-17H2,1H3. The lowest BCUT2D eigenvalue weighted by Gasteiger charge is -2.26. The van der Waals surface area contributed by atoms with E-state index in [4.69, 9.17) is 4.98 Å². The molecule has 0 saturated carbocycles. The highest BCUT2D eigenvalue weighted by Crippen LogP contribution is 2.45. The van der Waals surface area contributed by atoms with Gasteiger partial charge in [0.2, 0.25) is 0 Å². The van der Waals surface area contributed by atoms with Gasteiger partial charge in [-0.2, -0.15) is 5.10 Å². The fourth-order valence-corrected chi connectivity index (χ4v) is 4.76. The number of aromatic nitrogens is 3. The van der Waals surface area contributed by atoms with Crippen molar-refractivity contribution >= 4 is 5.69 Å². The zero-order valence-electron chi connectivity index (χ0n) is 15.8. The largest absolute Gasteiger partial charge is 0.365 e. The van der Waals surface area contributed by atoms with Crippen LogP contribution < -0.4 is 4.90 Å². The van der Waals surface area contributed by atoms with Gasteiger partial charge < -0.3 is 4.90 Å². The summed E-state index contributed by atoms with van der Waals surface area (Å²) in [5, 5.41) is 4.31. The molecule has 5 heteroatoms. The van der Waals surface area contributed by atoms with E-state index < -0.39 is 0 Å². The Hall–Kier alpha value is -2.66. The van der Waals surface area contributed by atoms with E-state index in [0.717, 1.165) is 32.7 Å². The highest BCUT2D eigenvalue weighted by atomic mass is 15.3. The Morgan fingerprint density at radius 2 is 1.89 bits per heavy atom. The summed E-state index contributed by atoms with van der Waals surface area (Å²) in [6.45, 7) is 5.15. The van der Waals surface area contributed by atoms with Crippen LogP contribution in [0.15, 0.2) is 61.1 Å². The summed E-state index contributed by atoms with van der Waals surface area (Å²) in [5.41, 5.74) is 5.39. The molecule has 5 rings (SSSR count). The average Bonchev–Trinajstić information content (AvgIpc) is 3.36. The molecule has 0 bridgehead atoms. The molecule has 1 spiro atoms. The van der Waals surface area contributed by atoms with Gasteiger partial charge in [-0.1, -0.05) is 30.3 Å². The number of fused-ring (bicyclic) bond motifs is 2. The first-order chi connectivity index (χ1) is 13.2. The van der Waals surface area contributed by atoms with Crippen molar-refractivity contribution in [3.05, 3.63) is 77.9 Å². The van der Waals surface area contributed by atoms with E-state index in [2.05, 4.69) is 63.6 Å². The molecule has 2 aromatic heterocycles. The molecule has 1 atom stereocenters. The molecule has 0 N–H and O–H groups in total. The summed E-state index contributed by atoms with van der Waals surface area (Å²) in [4.78, 5) is 9.92. The minimum absolute atomic E-state index is 0.146. The maximum atomic E-state index is 4.85. The molecule has 1 unspecified atom stereocenters. The predicted octanol–water partition coefficient (Wildman–Crippen LogP) is 2.98. The van der Waals surface area contributed by atoms with Gasteiger partial charge in [0.15, 0.2) is 0 Å². The van der Waals surface area contributed by atoms with Crippen molar-refractivity contribution in [2.24, 2.45) is 7.05 Å². The lowest BCUT2D eigenvalue weighted by Crippen LogP contribution is -2.36. The van der Waals surface area contributed by atoms with Crippen LogP contribution in [-0.2, 0) is 25.6 Å². The van der Waals surface area contributed by atoms with Crippen molar-refractivity contribution in [3.8, 4) is 0 Å². The maximum absolute atomic E-state index is 4.85. The average molecular weight is 359 g/mol. The van der Waals surface area contributed by atoms with Crippen molar-refractivity contribution in [2.45, 2.75) is 24.9 Å². The maximum Gasteiger partial charge on any atom is 0.0729 e. The molecule has 0 aliphatic carbocycles. The third kappa shape index (κ3) is 3.02. The van der Waals surface area contributed by atoms with Crippen LogP contribution in [0.4, 0.5) is 5.69 Å². The highest BCUT2D eigenvalue weighted by Gasteiger charge is 2.48. The monoisotopic (exact) mass is 359 g/mol. The second kappa shape index (κ2) is 6.50. The van der Waals surface area contributed by atoms with Gasteiger partial charge in [0.25, 0.3) is 0 Å². The number of hydrogen-bond acceptors (Lipinski definition) is 4. The normalized spacial score (nSPS) is 21.9. The topological polar surface area (TPSA) is 37.2 Å². The third-order valence-electron chi connectivity index (χ3n) is 5.94. The Kier molecular flexibility index (Phi) is 3.97. The van der Waals surface area contributed by atoms with Crippen molar-refractivity contribution in [3.63, 3.8) is 0 Å². The van der Waals surface area contributed by atoms with Crippen molar-refractivity contribution in [2.75, 3.05) is 24.5 Å². The molecule has 2 aliphatic rings. The molecular weight excluding hydrogens is 334 g/mol. The Labute approximate surface area is 160 Å². The SMILES string of the molecule is Cn1cc(CN2CCC3(C2)CN(Cc2ccccc2)c2cccnc23)cn1. The minimum atomic E-state index is 0.146. The second-order valence-corrected chi connectivity index (χ2v) is 7.98. The van der Waals surface area contributed by atoms with E-state index in [-0.39, 0.29) is 5.41 Å². The van der Waals surface area contributed by atoms with Crippen LogP contribution in [0.1, 0.15) is 23.2 Å². The van der Waals surface area contributed by atoms with E-state index >= 15 is 0 Å². The third-order valence-corrected chi connectivity index (χ3v) is 5.94. The fraction of sp³-hybridized carbons (Fsp3) is 0.364. The molecular formula is C22H25N5. The number of rotatable bonds is 4. The summed E-state index contributed by atoms with van der Waals surface area (Å²) in [6.07, 6.45) is 7.22. The zero-order chi connectivity index (χ0) is 18.3. The molecule has 1 aromatic carbocycles. The first-order valence-electron chi connectivity index (χ1n) is 9.66. The van der Waals surface area contributed by atoms with Crippen LogP contribution in [0.25, 0.3) is 0 Å². The molecule has 27 heavy (non-hydrogen) atoms. The highest BCUT2D eigenvalue weighted by molar-refractivity contribution is 5.60. The summed E-state index contributed by atoms with van der Waals surface area (Å²) in [7, 11) is 1.98.